The molecule has 1 saturated heterocycles. The van der Waals surface area contributed by atoms with E-state index in [2.05, 4.69) is 38.8 Å². The minimum absolute atomic E-state index is 0.324. The van der Waals surface area contributed by atoms with Crippen LogP contribution in [0.2, 0.25) is 0 Å². The third kappa shape index (κ3) is 2.89. The molecule has 1 unspecified atom stereocenters. The van der Waals surface area contributed by atoms with Crippen molar-refractivity contribution in [2.45, 2.75) is 19.9 Å². The van der Waals surface area contributed by atoms with E-state index in [4.69, 9.17) is 9.47 Å². The van der Waals surface area contributed by atoms with Crippen molar-refractivity contribution in [2.24, 2.45) is 0 Å². The predicted molar refractivity (Wildman–Crippen MR) is 91.5 cm³/mol. The zero-order valence-corrected chi connectivity index (χ0v) is 14.1. The van der Waals surface area contributed by atoms with Gasteiger partial charge in [-0.05, 0) is 31.5 Å². The maximum Gasteiger partial charge on any atom is 0.231 e. The van der Waals surface area contributed by atoms with Crippen LogP contribution >= 0.6 is 0 Å². The number of fused-ring (bicyclic) bond motifs is 1. The van der Waals surface area contributed by atoms with Gasteiger partial charge in [-0.3, -0.25) is 4.90 Å². The van der Waals surface area contributed by atoms with Gasteiger partial charge in [0.1, 0.15) is 5.82 Å². The number of aromatic nitrogens is 2. The highest BCUT2D eigenvalue weighted by molar-refractivity contribution is 5.45. The molecule has 126 valence electrons. The number of ether oxygens (including phenoxy) is 2. The average Bonchev–Trinajstić information content (AvgIpc) is 3.09. The van der Waals surface area contributed by atoms with Gasteiger partial charge in [-0.25, -0.2) is 9.97 Å². The van der Waals surface area contributed by atoms with Crippen molar-refractivity contribution < 1.29 is 9.47 Å². The van der Waals surface area contributed by atoms with E-state index in [1.54, 1.807) is 0 Å². The molecule has 3 heterocycles. The SMILES string of the molecule is Cc1ncc(N2CCN(C(C)c3ccc4c(c3)OCO4)CC2)cn1. The van der Waals surface area contributed by atoms with E-state index in [-0.39, 0.29) is 0 Å². The monoisotopic (exact) mass is 326 g/mol. The van der Waals surface area contributed by atoms with Crippen molar-refractivity contribution in [1.29, 1.82) is 0 Å². The van der Waals surface area contributed by atoms with Gasteiger partial charge in [0.2, 0.25) is 6.79 Å². The van der Waals surface area contributed by atoms with Gasteiger partial charge >= 0.3 is 0 Å². The largest absolute Gasteiger partial charge is 0.454 e. The highest BCUT2D eigenvalue weighted by atomic mass is 16.7. The molecule has 1 fully saturated rings. The summed E-state index contributed by atoms with van der Waals surface area (Å²) in [5.74, 6) is 2.51. The number of hydrogen-bond donors (Lipinski definition) is 0. The molecule has 24 heavy (non-hydrogen) atoms. The van der Waals surface area contributed by atoms with Gasteiger partial charge in [-0.1, -0.05) is 6.07 Å². The van der Waals surface area contributed by atoms with Gasteiger partial charge in [0.25, 0.3) is 0 Å². The zero-order valence-electron chi connectivity index (χ0n) is 14.1. The second-order valence-corrected chi connectivity index (χ2v) is 6.30. The first-order valence-corrected chi connectivity index (χ1v) is 8.38. The third-order valence-corrected chi connectivity index (χ3v) is 4.87. The Morgan fingerprint density at radius 2 is 1.71 bits per heavy atom. The van der Waals surface area contributed by atoms with Crippen LogP contribution in [0.5, 0.6) is 11.5 Å². The fraction of sp³-hybridized carbons (Fsp3) is 0.444. The zero-order chi connectivity index (χ0) is 16.5. The minimum atomic E-state index is 0.324. The molecule has 6 nitrogen and oxygen atoms in total. The summed E-state index contributed by atoms with van der Waals surface area (Å²) in [5.41, 5.74) is 2.38. The quantitative estimate of drug-likeness (QED) is 0.863. The van der Waals surface area contributed by atoms with Gasteiger partial charge in [0.15, 0.2) is 11.5 Å². The maximum atomic E-state index is 5.50. The average molecular weight is 326 g/mol. The minimum Gasteiger partial charge on any atom is -0.454 e. The summed E-state index contributed by atoms with van der Waals surface area (Å²) < 4.78 is 10.9. The Labute approximate surface area is 142 Å². The van der Waals surface area contributed by atoms with Crippen LogP contribution in [0.1, 0.15) is 24.4 Å². The Balaban J connectivity index is 1.41. The second-order valence-electron chi connectivity index (χ2n) is 6.30. The number of benzene rings is 1. The Hall–Kier alpha value is -2.34. The number of hydrogen-bond acceptors (Lipinski definition) is 6. The summed E-state index contributed by atoms with van der Waals surface area (Å²) in [6.07, 6.45) is 3.83. The first kappa shape index (κ1) is 15.2. The van der Waals surface area contributed by atoms with E-state index in [1.807, 2.05) is 25.4 Å². The number of rotatable bonds is 3. The fourth-order valence-corrected chi connectivity index (χ4v) is 3.30. The summed E-state index contributed by atoms with van der Waals surface area (Å²) in [4.78, 5) is 13.4. The summed E-state index contributed by atoms with van der Waals surface area (Å²) in [6.45, 7) is 8.50. The molecule has 1 atom stereocenters. The van der Waals surface area contributed by atoms with Crippen LogP contribution in [0.15, 0.2) is 30.6 Å². The molecule has 0 radical (unpaired) electrons. The van der Waals surface area contributed by atoms with E-state index < -0.39 is 0 Å². The normalized spacial score (nSPS) is 18.7. The smallest absolute Gasteiger partial charge is 0.231 e. The molecule has 2 aliphatic rings. The summed E-state index contributed by atoms with van der Waals surface area (Å²) in [6, 6.07) is 6.61. The van der Waals surface area contributed by atoms with Crippen LogP contribution in [0.4, 0.5) is 5.69 Å². The molecule has 4 rings (SSSR count). The Morgan fingerprint density at radius 1 is 1.00 bits per heavy atom. The van der Waals surface area contributed by atoms with Crippen molar-refractivity contribution in [3.8, 4) is 11.5 Å². The molecule has 1 aromatic carbocycles. The summed E-state index contributed by atoms with van der Waals surface area (Å²) in [7, 11) is 0. The first-order chi connectivity index (χ1) is 11.7. The number of anilines is 1. The second kappa shape index (κ2) is 6.28. The first-order valence-electron chi connectivity index (χ1n) is 8.38. The van der Waals surface area contributed by atoms with Gasteiger partial charge in [-0.15, -0.1) is 0 Å². The topological polar surface area (TPSA) is 50.7 Å². The van der Waals surface area contributed by atoms with Gasteiger partial charge < -0.3 is 14.4 Å². The van der Waals surface area contributed by atoms with Crippen molar-refractivity contribution in [1.82, 2.24) is 14.9 Å². The van der Waals surface area contributed by atoms with Crippen molar-refractivity contribution in [3.05, 3.63) is 42.0 Å². The van der Waals surface area contributed by atoms with Crippen LogP contribution in [0, 0.1) is 6.92 Å². The maximum absolute atomic E-state index is 5.50. The lowest BCUT2D eigenvalue weighted by Crippen LogP contribution is -2.47. The molecule has 0 spiro atoms. The number of aryl methyl sites for hydroxylation is 1. The predicted octanol–water partition coefficient (Wildman–Crippen LogP) is 2.40. The van der Waals surface area contributed by atoms with Crippen LogP contribution in [-0.4, -0.2) is 47.8 Å². The molecule has 2 aromatic rings. The van der Waals surface area contributed by atoms with E-state index in [0.29, 0.717) is 12.8 Å². The molecular weight excluding hydrogens is 304 g/mol. The summed E-state index contributed by atoms with van der Waals surface area (Å²) >= 11 is 0. The van der Waals surface area contributed by atoms with E-state index in [9.17, 15) is 0 Å². The Kier molecular flexibility index (Phi) is 3.98. The summed E-state index contributed by atoms with van der Waals surface area (Å²) in [5, 5.41) is 0. The molecule has 0 amide bonds. The lowest BCUT2D eigenvalue weighted by Gasteiger charge is -2.39. The third-order valence-electron chi connectivity index (χ3n) is 4.87. The van der Waals surface area contributed by atoms with Crippen molar-refractivity contribution in [3.63, 3.8) is 0 Å². The number of nitrogens with zero attached hydrogens (tertiary/aromatic N) is 4. The molecule has 2 aliphatic heterocycles. The molecule has 0 aliphatic carbocycles. The van der Waals surface area contributed by atoms with Gasteiger partial charge in [0, 0.05) is 32.2 Å². The molecule has 6 heteroatoms. The highest BCUT2D eigenvalue weighted by Gasteiger charge is 2.24. The van der Waals surface area contributed by atoms with Gasteiger partial charge in [-0.2, -0.15) is 0 Å². The molecule has 1 aromatic heterocycles. The Morgan fingerprint density at radius 3 is 2.46 bits per heavy atom. The lowest BCUT2D eigenvalue weighted by atomic mass is 10.1. The van der Waals surface area contributed by atoms with Gasteiger partial charge in [0.05, 0.1) is 18.1 Å². The van der Waals surface area contributed by atoms with Crippen LogP contribution < -0.4 is 14.4 Å². The van der Waals surface area contributed by atoms with E-state index in [1.165, 1.54) is 5.56 Å². The van der Waals surface area contributed by atoms with Crippen LogP contribution in [0.3, 0.4) is 0 Å². The van der Waals surface area contributed by atoms with Crippen molar-refractivity contribution in [2.75, 3.05) is 37.9 Å². The molecule has 0 saturated carbocycles. The van der Waals surface area contributed by atoms with Crippen molar-refractivity contribution >= 4 is 5.69 Å². The molecular formula is C18H22N4O2. The lowest BCUT2D eigenvalue weighted by molar-refractivity contribution is 0.173. The highest BCUT2D eigenvalue weighted by Crippen LogP contribution is 2.35. The number of piperazine rings is 1. The Bertz CT molecular complexity index is 711. The standard InChI is InChI=1S/C18H22N4O2/c1-13(15-3-4-17-18(9-15)24-12-23-17)21-5-7-22(8-6-21)16-10-19-14(2)20-11-16/h3-4,9-11,13H,5-8,12H2,1-2H3. The van der Waals surface area contributed by atoms with Crippen LogP contribution in [-0.2, 0) is 0 Å². The van der Waals surface area contributed by atoms with E-state index >= 15 is 0 Å². The molecule has 0 bridgehead atoms. The van der Waals surface area contributed by atoms with Crippen LogP contribution in [0.25, 0.3) is 0 Å². The molecule has 0 N–H and O–H groups in total. The van der Waals surface area contributed by atoms with E-state index in [0.717, 1.165) is 49.2 Å². The fourth-order valence-electron chi connectivity index (χ4n) is 3.30.